The molecule has 1 aliphatic heterocycles. The van der Waals surface area contributed by atoms with Crippen molar-refractivity contribution in [1.29, 1.82) is 10.8 Å². The Bertz CT molecular complexity index is 1280. The van der Waals surface area contributed by atoms with Gasteiger partial charge in [-0.15, -0.1) is 0 Å². The monoisotopic (exact) mass is 568 g/mol. The van der Waals surface area contributed by atoms with Crippen LogP contribution in [0.5, 0.6) is 5.75 Å². The van der Waals surface area contributed by atoms with E-state index in [1.54, 1.807) is 37.5 Å². The summed E-state index contributed by atoms with van der Waals surface area (Å²) in [4.78, 5) is 2.14. The van der Waals surface area contributed by atoms with E-state index >= 15 is 0 Å². The zero-order chi connectivity index (χ0) is 27.2. The summed E-state index contributed by atoms with van der Waals surface area (Å²) in [5.41, 5.74) is 3.24. The smallest absolute Gasteiger partial charge is 0.416 e. The molecular formula is C29H30CoF3N3O2. The molecular weight excluding hydrogens is 538 g/mol. The van der Waals surface area contributed by atoms with Crippen LogP contribution < -0.4 is 9.64 Å². The summed E-state index contributed by atoms with van der Waals surface area (Å²) >= 11 is 0. The fourth-order valence-electron chi connectivity index (χ4n) is 4.58. The number of methoxy groups -OCH3 is 1. The second-order valence-corrected chi connectivity index (χ2v) is 8.76. The molecule has 3 aromatic carbocycles. The third-order valence-corrected chi connectivity index (χ3v) is 6.39. The van der Waals surface area contributed by atoms with Gasteiger partial charge in [0.05, 0.1) is 12.7 Å². The van der Waals surface area contributed by atoms with E-state index in [1.807, 2.05) is 31.2 Å². The molecule has 0 saturated heterocycles. The zero-order valence-corrected chi connectivity index (χ0v) is 22.3. The Morgan fingerprint density at radius 1 is 1.05 bits per heavy atom. The van der Waals surface area contributed by atoms with Crippen molar-refractivity contribution in [3.8, 4) is 5.75 Å². The molecule has 0 amide bonds. The fraction of sp³-hybridized carbons (Fsp3) is 0.241. The van der Waals surface area contributed by atoms with Crippen molar-refractivity contribution in [2.75, 3.05) is 18.6 Å². The van der Waals surface area contributed by atoms with Crippen molar-refractivity contribution in [2.24, 2.45) is 0 Å². The Morgan fingerprint density at radius 3 is 2.16 bits per heavy atom. The summed E-state index contributed by atoms with van der Waals surface area (Å²) in [6.07, 6.45) is -0.812. The molecule has 9 heteroatoms. The first-order chi connectivity index (χ1) is 17.5. The number of likely N-dealkylation sites (N-methyl/N-ethyl adjacent to an activating group) is 1. The number of fused-ring (bicyclic) bond motifs is 1. The average Bonchev–Trinajstić information content (AvgIpc) is 3.11. The predicted molar refractivity (Wildman–Crippen MR) is 141 cm³/mol. The van der Waals surface area contributed by atoms with Crippen molar-refractivity contribution in [1.82, 2.24) is 0 Å². The number of nitrogens with one attached hydrogen (secondary N) is 2. The molecule has 0 aromatic heterocycles. The number of hydrogen-bond donors (Lipinski definition) is 3. The van der Waals surface area contributed by atoms with E-state index in [0.717, 1.165) is 46.9 Å². The van der Waals surface area contributed by atoms with E-state index in [0.29, 0.717) is 12.0 Å². The number of rotatable bonds is 6. The first-order valence-corrected chi connectivity index (χ1v) is 11.7. The molecule has 1 atom stereocenters. The van der Waals surface area contributed by atoms with Crippen molar-refractivity contribution in [3.05, 3.63) is 107 Å². The Balaban J connectivity index is 0.000000430. The van der Waals surface area contributed by atoms with Gasteiger partial charge in [-0.3, -0.25) is 5.41 Å². The number of anilines is 1. The van der Waals surface area contributed by atoms with Crippen LogP contribution >= 0.6 is 0 Å². The van der Waals surface area contributed by atoms with Crippen LogP contribution in [0.2, 0.25) is 0 Å². The molecule has 1 radical (unpaired) electrons. The van der Waals surface area contributed by atoms with Gasteiger partial charge in [0, 0.05) is 51.9 Å². The number of allylic oxidation sites excluding steroid dienone is 2. The number of nitrogens with zero attached hydrogens (tertiary/aromatic N) is 1. The molecule has 1 aliphatic rings. The Hall–Kier alpha value is -3.56. The molecule has 1 heterocycles. The zero-order valence-electron chi connectivity index (χ0n) is 21.3. The van der Waals surface area contributed by atoms with Crippen LogP contribution in [-0.2, 0) is 34.8 Å². The van der Waals surface area contributed by atoms with E-state index in [4.69, 9.17) is 20.7 Å². The van der Waals surface area contributed by atoms with Crippen LogP contribution in [0.4, 0.5) is 18.9 Å². The topological polar surface area (TPSA) is 80.4 Å². The van der Waals surface area contributed by atoms with Crippen molar-refractivity contribution >= 4 is 17.8 Å². The largest absolute Gasteiger partial charge is 0.497 e. The molecule has 1 unspecified atom stereocenters. The first kappa shape index (κ1) is 30.7. The van der Waals surface area contributed by atoms with Crippen LogP contribution in [0.15, 0.2) is 84.6 Å². The maximum absolute atomic E-state index is 12.9. The third kappa shape index (κ3) is 6.65. The summed E-state index contributed by atoms with van der Waals surface area (Å²) in [6, 6.07) is 19.9. The quantitative estimate of drug-likeness (QED) is 0.218. The minimum atomic E-state index is -4.35. The van der Waals surface area contributed by atoms with Gasteiger partial charge in [0.15, 0.2) is 0 Å². The molecule has 0 spiro atoms. The van der Waals surface area contributed by atoms with E-state index in [9.17, 15) is 13.2 Å². The SMILES string of the molecule is CCN1/C(=C\C=N)C(C)(Cc2ccc(C(F)(F)F)cc2)c2cc(OC)ccc21.N=C(O)c1ccccc1.[Co]. The summed E-state index contributed by atoms with van der Waals surface area (Å²) in [5.74, 6) is 0.347. The van der Waals surface area contributed by atoms with Crippen LogP contribution in [-0.4, -0.2) is 30.9 Å². The van der Waals surface area contributed by atoms with Gasteiger partial charge in [0.1, 0.15) is 5.75 Å². The maximum atomic E-state index is 12.9. The maximum Gasteiger partial charge on any atom is 0.416 e. The van der Waals surface area contributed by atoms with E-state index in [-0.39, 0.29) is 22.7 Å². The van der Waals surface area contributed by atoms with Crippen molar-refractivity contribution in [3.63, 3.8) is 0 Å². The minimum absolute atomic E-state index is 0. The Morgan fingerprint density at radius 2 is 1.68 bits per heavy atom. The molecule has 0 bridgehead atoms. The standard InChI is InChI=1S/C22H23F3N2O.C7H7NO.Co/c1-4-27-19-10-9-17(28-3)13-18(19)21(2,20(27)11-12-26)14-15-5-7-16(8-6-15)22(23,24)25;8-7(9)6-4-2-1-3-5-6;/h5-13,26H,4,14H2,1-3H3;1-5H,(H2,8,9);/b20-11-,26-12?;;. The fourth-order valence-corrected chi connectivity index (χ4v) is 4.58. The van der Waals surface area contributed by atoms with Gasteiger partial charge in [0.25, 0.3) is 0 Å². The Labute approximate surface area is 231 Å². The number of aliphatic hydroxyl groups excluding tert-OH is 1. The number of benzene rings is 3. The van der Waals surface area contributed by atoms with Gasteiger partial charge in [0.2, 0.25) is 5.90 Å². The third-order valence-electron chi connectivity index (χ3n) is 6.39. The van der Waals surface area contributed by atoms with Crippen molar-refractivity contribution in [2.45, 2.75) is 31.9 Å². The van der Waals surface area contributed by atoms with Gasteiger partial charge >= 0.3 is 6.18 Å². The normalized spacial score (nSPS) is 17.1. The van der Waals surface area contributed by atoms with Gasteiger partial charge in [-0.05, 0) is 79.9 Å². The van der Waals surface area contributed by atoms with Crippen LogP contribution in [0.1, 0.15) is 36.1 Å². The average molecular weight is 569 g/mol. The molecule has 4 rings (SSSR count). The van der Waals surface area contributed by atoms with Crippen LogP contribution in [0, 0.1) is 10.8 Å². The van der Waals surface area contributed by atoms with Crippen LogP contribution in [0.25, 0.3) is 0 Å². The molecule has 0 fully saturated rings. The summed E-state index contributed by atoms with van der Waals surface area (Å²) in [5, 5.41) is 23.0. The minimum Gasteiger partial charge on any atom is -0.497 e. The molecule has 203 valence electrons. The van der Waals surface area contributed by atoms with Gasteiger partial charge in [-0.25, -0.2) is 0 Å². The molecule has 0 saturated carbocycles. The second kappa shape index (κ2) is 12.8. The first-order valence-electron chi connectivity index (χ1n) is 11.7. The number of ether oxygens (including phenoxy) is 1. The molecule has 0 aliphatic carbocycles. The second-order valence-electron chi connectivity index (χ2n) is 8.76. The number of hydrogen-bond acceptors (Lipinski definition) is 4. The predicted octanol–water partition coefficient (Wildman–Crippen LogP) is 7.16. The molecule has 5 nitrogen and oxygen atoms in total. The number of aliphatic hydroxyl groups is 1. The van der Waals surface area contributed by atoms with Gasteiger partial charge in [-0.1, -0.05) is 30.3 Å². The molecule has 3 N–H and O–H groups in total. The van der Waals surface area contributed by atoms with Gasteiger partial charge < -0.3 is 20.2 Å². The van der Waals surface area contributed by atoms with E-state index in [2.05, 4.69) is 11.8 Å². The van der Waals surface area contributed by atoms with Gasteiger partial charge in [-0.2, -0.15) is 13.2 Å². The number of alkyl halides is 3. The van der Waals surface area contributed by atoms with Crippen LogP contribution in [0.3, 0.4) is 0 Å². The van der Waals surface area contributed by atoms with E-state index in [1.165, 1.54) is 18.3 Å². The molecule has 3 aromatic rings. The van der Waals surface area contributed by atoms with Crippen molar-refractivity contribution < 1.29 is 39.8 Å². The summed E-state index contributed by atoms with van der Waals surface area (Å²) < 4.78 is 44.0. The summed E-state index contributed by atoms with van der Waals surface area (Å²) in [6.45, 7) is 4.82. The number of halogens is 3. The molecule has 38 heavy (non-hydrogen) atoms. The van der Waals surface area contributed by atoms with E-state index < -0.39 is 17.2 Å². The summed E-state index contributed by atoms with van der Waals surface area (Å²) in [7, 11) is 1.61. The Kier molecular flexibility index (Phi) is 10.3.